The van der Waals surface area contributed by atoms with Crippen LogP contribution in [0.15, 0.2) is 88.7 Å². The van der Waals surface area contributed by atoms with Crippen LogP contribution in [-0.2, 0) is 26.0 Å². The van der Waals surface area contributed by atoms with Gasteiger partial charge in [0.15, 0.2) is 0 Å². The van der Waals surface area contributed by atoms with Crippen molar-refractivity contribution in [3.05, 3.63) is 84.4 Å². The van der Waals surface area contributed by atoms with E-state index in [1.165, 1.54) is 10.8 Å². The molecule has 0 radical (unpaired) electrons. The number of ether oxygens (including phenoxy) is 1. The fourth-order valence-corrected chi connectivity index (χ4v) is 6.13. The van der Waals surface area contributed by atoms with E-state index in [1.54, 1.807) is 47.4 Å². The van der Waals surface area contributed by atoms with Gasteiger partial charge in [-0.05, 0) is 48.4 Å². The van der Waals surface area contributed by atoms with Crippen molar-refractivity contribution in [3.63, 3.8) is 0 Å². The molecule has 0 spiro atoms. The van der Waals surface area contributed by atoms with Gasteiger partial charge >= 0.3 is 0 Å². The number of carbonyl (C=O) groups excluding carboxylic acids is 1. The maximum atomic E-state index is 13.6. The zero-order valence-electron chi connectivity index (χ0n) is 17.0. The molecule has 31 heavy (non-hydrogen) atoms. The van der Waals surface area contributed by atoms with E-state index in [0.717, 1.165) is 34.5 Å². The highest BCUT2D eigenvalue weighted by Crippen LogP contribution is 2.39. The minimum absolute atomic E-state index is 0.0194. The lowest BCUT2D eigenvalue weighted by Gasteiger charge is -2.25. The van der Waals surface area contributed by atoms with Crippen LogP contribution in [-0.4, -0.2) is 34.6 Å². The molecule has 160 valence electrons. The minimum atomic E-state index is -3.85. The number of nitrogens with zero attached hydrogens (tertiary/aromatic N) is 2. The van der Waals surface area contributed by atoms with Crippen LogP contribution in [0.5, 0.6) is 0 Å². The van der Waals surface area contributed by atoms with E-state index < -0.39 is 10.0 Å². The third kappa shape index (κ3) is 4.46. The van der Waals surface area contributed by atoms with Crippen molar-refractivity contribution >= 4 is 39.3 Å². The molecule has 0 N–H and O–H groups in total. The Morgan fingerprint density at radius 2 is 1.71 bits per heavy atom. The van der Waals surface area contributed by atoms with Gasteiger partial charge in [0.2, 0.25) is 0 Å². The van der Waals surface area contributed by atoms with Gasteiger partial charge in [-0.15, -0.1) is 0 Å². The molecule has 1 aliphatic rings. The second-order valence-corrected chi connectivity index (χ2v) is 10.0. The first-order chi connectivity index (χ1) is 15.0. The monoisotopic (exact) mass is 454 g/mol. The van der Waals surface area contributed by atoms with Gasteiger partial charge in [-0.3, -0.25) is 4.79 Å². The Balaban J connectivity index is 1.78. The van der Waals surface area contributed by atoms with Crippen LogP contribution in [0.2, 0.25) is 0 Å². The third-order valence-electron chi connectivity index (χ3n) is 4.94. The predicted molar refractivity (Wildman–Crippen MR) is 123 cm³/mol. The predicted octanol–water partition coefficient (Wildman–Crippen LogP) is 4.12. The van der Waals surface area contributed by atoms with Crippen LogP contribution in [0, 0.1) is 0 Å². The van der Waals surface area contributed by atoms with E-state index in [1.807, 2.05) is 36.4 Å². The molecule has 4 rings (SSSR count). The average molecular weight is 455 g/mol. The van der Waals surface area contributed by atoms with Crippen LogP contribution in [0.4, 0.5) is 11.4 Å². The van der Waals surface area contributed by atoms with Crippen molar-refractivity contribution in [2.45, 2.75) is 16.2 Å². The summed E-state index contributed by atoms with van der Waals surface area (Å²) >= 11 is 1.13. The Morgan fingerprint density at radius 1 is 1.03 bits per heavy atom. The first-order valence-corrected chi connectivity index (χ1v) is 12.0. The van der Waals surface area contributed by atoms with Crippen LogP contribution in [0.1, 0.15) is 5.56 Å². The normalized spacial score (nSPS) is 13.1. The molecule has 0 bridgehead atoms. The van der Waals surface area contributed by atoms with Gasteiger partial charge in [0, 0.05) is 36.2 Å². The summed E-state index contributed by atoms with van der Waals surface area (Å²) in [6.07, 6.45) is 0.725. The Labute approximate surface area is 186 Å². The van der Waals surface area contributed by atoms with Crippen molar-refractivity contribution in [1.82, 2.24) is 0 Å². The van der Waals surface area contributed by atoms with E-state index >= 15 is 0 Å². The number of anilines is 2. The third-order valence-corrected chi connectivity index (χ3v) is 8.12. The molecular weight excluding hydrogens is 432 g/mol. The molecule has 3 aromatic carbocycles. The van der Waals surface area contributed by atoms with Gasteiger partial charge in [-0.25, -0.2) is 12.1 Å². The number of benzene rings is 3. The average Bonchev–Trinajstić information content (AvgIpc) is 3.22. The Bertz CT molecular complexity index is 1170. The van der Waals surface area contributed by atoms with Gasteiger partial charge in [0.25, 0.3) is 15.9 Å². The van der Waals surface area contributed by atoms with Gasteiger partial charge in [0.05, 0.1) is 10.6 Å². The molecule has 0 aromatic heterocycles. The quantitative estimate of drug-likeness (QED) is 0.503. The Morgan fingerprint density at radius 3 is 2.39 bits per heavy atom. The molecule has 1 aliphatic heterocycles. The number of hydrogen-bond donors (Lipinski definition) is 0. The molecular formula is C23H22N2O4S2. The van der Waals surface area contributed by atoms with Crippen LogP contribution < -0.4 is 8.61 Å². The highest BCUT2D eigenvalue weighted by atomic mass is 32.3. The Hall–Kier alpha value is -2.81. The number of amides is 1. The molecule has 0 fully saturated rings. The first-order valence-electron chi connectivity index (χ1n) is 9.76. The fraction of sp³-hybridized carbons (Fsp3) is 0.174. The van der Waals surface area contributed by atoms with Crippen molar-refractivity contribution in [2.75, 3.05) is 28.9 Å². The number of hydrogen-bond acceptors (Lipinski definition) is 5. The molecule has 0 atom stereocenters. The summed E-state index contributed by atoms with van der Waals surface area (Å²) in [5.41, 5.74) is 2.21. The molecule has 6 nitrogen and oxygen atoms in total. The second-order valence-electron chi connectivity index (χ2n) is 6.99. The summed E-state index contributed by atoms with van der Waals surface area (Å²) in [4.78, 5) is 15.1. The van der Waals surface area contributed by atoms with Gasteiger partial charge in [-0.1, -0.05) is 42.5 Å². The highest BCUT2D eigenvalue weighted by Gasteiger charge is 2.30. The number of fused-ring (bicyclic) bond motifs is 1. The molecule has 0 saturated heterocycles. The van der Waals surface area contributed by atoms with Gasteiger partial charge < -0.3 is 9.64 Å². The molecule has 3 aromatic rings. The first kappa shape index (κ1) is 21.4. The maximum Gasteiger partial charge on any atom is 0.274 e. The van der Waals surface area contributed by atoms with E-state index in [-0.39, 0.29) is 17.4 Å². The fourth-order valence-electron chi connectivity index (χ4n) is 3.45. The number of sulfonamides is 1. The maximum absolute atomic E-state index is 13.6. The molecule has 8 heteroatoms. The van der Waals surface area contributed by atoms with Crippen LogP contribution in [0.25, 0.3) is 0 Å². The summed E-state index contributed by atoms with van der Waals surface area (Å²) in [6.45, 7) is 0.534. The van der Waals surface area contributed by atoms with Gasteiger partial charge in [-0.2, -0.15) is 0 Å². The zero-order chi connectivity index (χ0) is 21.8. The molecule has 0 aliphatic carbocycles. The lowest BCUT2D eigenvalue weighted by molar-refractivity contribution is -0.122. The van der Waals surface area contributed by atoms with Crippen LogP contribution >= 0.6 is 11.9 Å². The molecule has 1 amide bonds. The van der Waals surface area contributed by atoms with Crippen molar-refractivity contribution in [3.8, 4) is 0 Å². The van der Waals surface area contributed by atoms with E-state index in [9.17, 15) is 13.2 Å². The van der Waals surface area contributed by atoms with Gasteiger partial charge in [0.1, 0.15) is 6.61 Å². The zero-order valence-corrected chi connectivity index (χ0v) is 18.6. The van der Waals surface area contributed by atoms with Crippen molar-refractivity contribution in [2.24, 2.45) is 0 Å². The standard InChI is InChI=1S/C23H22N2O4S2/c1-29-17-23(26)24-15-14-18-12-13-19(16-22(18)24)25(30-20-8-4-2-5-9-20)31(27,28)21-10-6-3-7-11-21/h2-13,16H,14-15,17H2,1H3. The summed E-state index contributed by atoms with van der Waals surface area (Å²) in [7, 11) is -2.37. The van der Waals surface area contributed by atoms with Crippen molar-refractivity contribution in [1.29, 1.82) is 0 Å². The lowest BCUT2D eigenvalue weighted by atomic mass is 10.1. The number of methoxy groups -OCH3 is 1. The Kier molecular flexibility index (Phi) is 6.31. The molecule has 1 heterocycles. The molecule has 0 saturated carbocycles. The minimum Gasteiger partial charge on any atom is -0.375 e. The topological polar surface area (TPSA) is 66.9 Å². The summed E-state index contributed by atoms with van der Waals surface area (Å²) in [5, 5.41) is 0. The second kappa shape index (κ2) is 9.13. The summed E-state index contributed by atoms with van der Waals surface area (Å²) in [6, 6.07) is 23.1. The van der Waals surface area contributed by atoms with Crippen LogP contribution in [0.3, 0.4) is 0 Å². The smallest absolute Gasteiger partial charge is 0.274 e. The number of carbonyl (C=O) groups is 1. The largest absolute Gasteiger partial charge is 0.375 e. The van der Waals surface area contributed by atoms with Crippen molar-refractivity contribution < 1.29 is 17.9 Å². The van der Waals surface area contributed by atoms with E-state index in [0.29, 0.717) is 12.2 Å². The lowest BCUT2D eigenvalue weighted by Crippen LogP contribution is -2.32. The van der Waals surface area contributed by atoms with E-state index in [4.69, 9.17) is 4.74 Å². The summed E-state index contributed by atoms with van der Waals surface area (Å²) < 4.78 is 33.4. The number of rotatable bonds is 7. The van der Waals surface area contributed by atoms with E-state index in [2.05, 4.69) is 0 Å². The summed E-state index contributed by atoms with van der Waals surface area (Å²) in [5.74, 6) is -0.147. The highest BCUT2D eigenvalue weighted by molar-refractivity contribution is 8.14. The SMILES string of the molecule is COCC(=O)N1CCc2ccc(N(Sc3ccccc3)S(=O)(=O)c3ccccc3)cc21. The molecule has 0 unspecified atom stereocenters.